The Morgan fingerprint density at radius 2 is 2.23 bits per heavy atom. The molecule has 0 saturated heterocycles. The average Bonchev–Trinajstić information content (AvgIpc) is 2.15. The first-order chi connectivity index (χ1) is 6.25. The third kappa shape index (κ3) is 2.30. The highest BCUT2D eigenvalue weighted by Gasteiger charge is 2.06. The fourth-order valence-electron chi connectivity index (χ4n) is 0.914. The zero-order valence-corrected chi connectivity index (χ0v) is 7.10. The van der Waals surface area contributed by atoms with E-state index in [2.05, 4.69) is 9.99 Å². The van der Waals surface area contributed by atoms with Crippen LogP contribution in [0.25, 0.3) is 0 Å². The first-order valence-corrected chi connectivity index (χ1v) is 3.64. The number of carboxylic acids is 1. The average molecular weight is 179 g/mol. The SMILES string of the molecule is CO/N=C/c1ccccc1C(=O)O. The molecule has 0 aliphatic heterocycles. The second-order valence-corrected chi connectivity index (χ2v) is 2.31. The van der Waals surface area contributed by atoms with E-state index in [0.717, 1.165) is 0 Å². The molecule has 0 saturated carbocycles. The molecule has 13 heavy (non-hydrogen) atoms. The number of oxime groups is 1. The molecule has 0 aromatic heterocycles. The standard InChI is InChI=1S/C9H9NO3/c1-13-10-6-7-4-2-3-5-8(7)9(11)12/h2-6H,1H3,(H,11,12)/b10-6+. The van der Waals surface area contributed by atoms with Crippen molar-refractivity contribution in [1.29, 1.82) is 0 Å². The number of nitrogens with zero attached hydrogens (tertiary/aromatic N) is 1. The first kappa shape index (κ1) is 9.25. The van der Waals surface area contributed by atoms with Crippen molar-refractivity contribution in [1.82, 2.24) is 0 Å². The highest BCUT2D eigenvalue weighted by Crippen LogP contribution is 2.05. The fourth-order valence-corrected chi connectivity index (χ4v) is 0.914. The summed E-state index contributed by atoms with van der Waals surface area (Å²) in [6, 6.07) is 6.57. The third-order valence-electron chi connectivity index (χ3n) is 1.49. The van der Waals surface area contributed by atoms with Crippen LogP contribution in [0.5, 0.6) is 0 Å². The van der Waals surface area contributed by atoms with Crippen LogP contribution in [0.3, 0.4) is 0 Å². The van der Waals surface area contributed by atoms with Gasteiger partial charge in [-0.25, -0.2) is 4.79 Å². The molecule has 1 N–H and O–H groups in total. The summed E-state index contributed by atoms with van der Waals surface area (Å²) >= 11 is 0. The molecule has 1 rings (SSSR count). The van der Waals surface area contributed by atoms with Gasteiger partial charge >= 0.3 is 5.97 Å². The van der Waals surface area contributed by atoms with E-state index in [4.69, 9.17) is 5.11 Å². The maximum absolute atomic E-state index is 10.7. The molecule has 0 heterocycles. The van der Waals surface area contributed by atoms with Crippen LogP contribution in [0.2, 0.25) is 0 Å². The van der Waals surface area contributed by atoms with Crippen molar-refractivity contribution < 1.29 is 14.7 Å². The molecule has 0 fully saturated rings. The second-order valence-electron chi connectivity index (χ2n) is 2.31. The number of benzene rings is 1. The zero-order valence-electron chi connectivity index (χ0n) is 7.10. The first-order valence-electron chi connectivity index (χ1n) is 3.64. The molecule has 0 spiro atoms. The Kier molecular flexibility index (Phi) is 3.03. The predicted molar refractivity (Wildman–Crippen MR) is 48.0 cm³/mol. The van der Waals surface area contributed by atoms with Gasteiger partial charge in [-0.1, -0.05) is 23.4 Å². The van der Waals surface area contributed by atoms with Crippen molar-refractivity contribution in [2.24, 2.45) is 5.16 Å². The van der Waals surface area contributed by atoms with Gasteiger partial charge in [0.2, 0.25) is 0 Å². The second kappa shape index (κ2) is 4.25. The molecule has 0 amide bonds. The van der Waals surface area contributed by atoms with E-state index in [0.29, 0.717) is 5.56 Å². The van der Waals surface area contributed by atoms with Gasteiger partial charge in [-0.3, -0.25) is 0 Å². The lowest BCUT2D eigenvalue weighted by Gasteiger charge is -1.98. The van der Waals surface area contributed by atoms with Crippen molar-refractivity contribution in [2.75, 3.05) is 7.11 Å². The van der Waals surface area contributed by atoms with Gasteiger partial charge in [0.1, 0.15) is 7.11 Å². The van der Waals surface area contributed by atoms with E-state index < -0.39 is 5.97 Å². The van der Waals surface area contributed by atoms with Crippen molar-refractivity contribution >= 4 is 12.2 Å². The summed E-state index contributed by atoms with van der Waals surface area (Å²) in [5.74, 6) is -0.974. The smallest absolute Gasteiger partial charge is 0.336 e. The quantitative estimate of drug-likeness (QED) is 0.563. The largest absolute Gasteiger partial charge is 0.478 e. The van der Waals surface area contributed by atoms with Crippen molar-refractivity contribution in [3.8, 4) is 0 Å². The molecule has 0 unspecified atom stereocenters. The van der Waals surface area contributed by atoms with Gasteiger partial charge in [0.05, 0.1) is 11.8 Å². The van der Waals surface area contributed by atoms with Crippen molar-refractivity contribution in [3.63, 3.8) is 0 Å². The molecule has 4 heteroatoms. The van der Waals surface area contributed by atoms with Gasteiger partial charge < -0.3 is 9.94 Å². The van der Waals surface area contributed by atoms with Crippen molar-refractivity contribution in [3.05, 3.63) is 35.4 Å². The predicted octanol–water partition coefficient (Wildman–Crippen LogP) is 1.37. The minimum Gasteiger partial charge on any atom is -0.478 e. The van der Waals surface area contributed by atoms with Crippen LogP contribution in [0.1, 0.15) is 15.9 Å². The minimum absolute atomic E-state index is 0.211. The Hall–Kier alpha value is -1.84. The Labute approximate surface area is 75.4 Å². The van der Waals surface area contributed by atoms with Crippen LogP contribution in [0.15, 0.2) is 29.4 Å². The summed E-state index contributed by atoms with van der Waals surface area (Å²) < 4.78 is 0. The molecular weight excluding hydrogens is 170 g/mol. The molecule has 68 valence electrons. The van der Waals surface area contributed by atoms with Crippen LogP contribution < -0.4 is 0 Å². The Bertz CT molecular complexity index is 333. The molecular formula is C9H9NO3. The summed E-state index contributed by atoms with van der Waals surface area (Å²) in [4.78, 5) is 15.1. The molecule has 4 nitrogen and oxygen atoms in total. The van der Waals surface area contributed by atoms with Gasteiger partial charge in [-0.15, -0.1) is 0 Å². The lowest BCUT2D eigenvalue weighted by molar-refractivity contribution is 0.0696. The highest BCUT2D eigenvalue weighted by molar-refractivity contribution is 5.98. The van der Waals surface area contributed by atoms with E-state index in [9.17, 15) is 4.79 Å². The summed E-state index contributed by atoms with van der Waals surface area (Å²) in [5.41, 5.74) is 0.736. The molecule has 0 aliphatic rings. The summed E-state index contributed by atoms with van der Waals surface area (Å²) in [7, 11) is 1.40. The van der Waals surface area contributed by atoms with Crippen LogP contribution in [0, 0.1) is 0 Å². The normalized spacial score (nSPS) is 10.2. The van der Waals surface area contributed by atoms with Crippen LogP contribution in [0.4, 0.5) is 0 Å². The Morgan fingerprint density at radius 1 is 1.54 bits per heavy atom. The summed E-state index contributed by atoms with van der Waals surface area (Å²) in [6.45, 7) is 0. The molecule has 1 aromatic carbocycles. The zero-order chi connectivity index (χ0) is 9.68. The summed E-state index contributed by atoms with van der Waals surface area (Å²) in [5, 5.41) is 12.3. The van der Waals surface area contributed by atoms with Gasteiger partial charge in [0.25, 0.3) is 0 Å². The molecule has 1 aromatic rings. The number of hydrogen-bond acceptors (Lipinski definition) is 3. The van der Waals surface area contributed by atoms with Gasteiger partial charge in [0, 0.05) is 5.56 Å². The van der Waals surface area contributed by atoms with E-state index in [1.54, 1.807) is 18.2 Å². The number of rotatable bonds is 3. The number of hydrogen-bond donors (Lipinski definition) is 1. The van der Waals surface area contributed by atoms with E-state index >= 15 is 0 Å². The Balaban J connectivity index is 3.05. The topological polar surface area (TPSA) is 58.9 Å². The van der Waals surface area contributed by atoms with E-state index in [1.807, 2.05) is 0 Å². The molecule has 0 radical (unpaired) electrons. The fraction of sp³-hybridized carbons (Fsp3) is 0.111. The lowest BCUT2D eigenvalue weighted by atomic mass is 10.1. The lowest BCUT2D eigenvalue weighted by Crippen LogP contribution is -2.01. The van der Waals surface area contributed by atoms with Crippen LogP contribution in [-0.4, -0.2) is 24.4 Å². The van der Waals surface area contributed by atoms with E-state index in [-0.39, 0.29) is 5.56 Å². The maximum Gasteiger partial charge on any atom is 0.336 e. The van der Waals surface area contributed by atoms with Gasteiger partial charge in [-0.2, -0.15) is 0 Å². The molecule has 0 atom stereocenters. The van der Waals surface area contributed by atoms with Crippen LogP contribution >= 0.6 is 0 Å². The maximum atomic E-state index is 10.7. The van der Waals surface area contributed by atoms with Crippen LogP contribution in [-0.2, 0) is 4.84 Å². The summed E-state index contributed by atoms with van der Waals surface area (Å²) in [6.07, 6.45) is 1.36. The van der Waals surface area contributed by atoms with Crippen molar-refractivity contribution in [2.45, 2.75) is 0 Å². The van der Waals surface area contributed by atoms with Gasteiger partial charge in [-0.05, 0) is 6.07 Å². The monoisotopic (exact) mass is 179 g/mol. The van der Waals surface area contributed by atoms with E-state index in [1.165, 1.54) is 19.4 Å². The minimum atomic E-state index is -0.974. The van der Waals surface area contributed by atoms with Gasteiger partial charge in [0.15, 0.2) is 0 Å². The number of carbonyl (C=O) groups is 1. The number of aromatic carboxylic acids is 1. The Morgan fingerprint density at radius 3 is 2.85 bits per heavy atom. The highest BCUT2D eigenvalue weighted by atomic mass is 16.6. The molecule has 0 bridgehead atoms. The molecule has 0 aliphatic carbocycles. The third-order valence-corrected chi connectivity index (χ3v) is 1.49. The number of carboxylic acid groups (broad SMARTS) is 1.